The fourth-order valence-corrected chi connectivity index (χ4v) is 1.27. The first kappa shape index (κ1) is 13.6. The lowest BCUT2D eigenvalue weighted by Gasteiger charge is -2.08. The van der Waals surface area contributed by atoms with E-state index in [0.717, 1.165) is 5.56 Å². The summed E-state index contributed by atoms with van der Waals surface area (Å²) in [5.41, 5.74) is 1.02. The van der Waals surface area contributed by atoms with Crippen molar-refractivity contribution in [3.8, 4) is 0 Å². The molecule has 1 rings (SSSR count). The van der Waals surface area contributed by atoms with E-state index in [4.69, 9.17) is 5.11 Å². The predicted molar refractivity (Wildman–Crippen MR) is 63.1 cm³/mol. The van der Waals surface area contributed by atoms with Gasteiger partial charge in [0.25, 0.3) is 0 Å². The zero-order valence-corrected chi connectivity index (χ0v) is 9.53. The highest BCUT2D eigenvalue weighted by Crippen LogP contribution is 1.96. The van der Waals surface area contributed by atoms with E-state index < -0.39 is 12.8 Å². The number of nitrogens with one attached hydrogen (secondary N) is 2. The van der Waals surface area contributed by atoms with Crippen LogP contribution in [0.3, 0.4) is 0 Å². The molecule has 1 amide bonds. The van der Waals surface area contributed by atoms with Crippen molar-refractivity contribution in [2.24, 2.45) is 0 Å². The second-order valence-electron chi connectivity index (χ2n) is 3.70. The molecule has 4 nitrogen and oxygen atoms in total. The molecule has 5 heteroatoms. The molecule has 3 N–H and O–H groups in total. The molecule has 1 aromatic rings. The molecule has 0 aliphatic heterocycles. The minimum absolute atomic E-state index is 0.0733. The SMILES string of the molecule is O=C(CNCC(O)CF)NCc1ccccc1. The lowest BCUT2D eigenvalue weighted by atomic mass is 10.2. The maximum absolute atomic E-state index is 11.9. The Kier molecular flexibility index (Phi) is 6.21. The number of amides is 1. The van der Waals surface area contributed by atoms with Crippen LogP contribution in [-0.2, 0) is 11.3 Å². The predicted octanol–water partition coefficient (Wildman–Crippen LogP) is 0.223. The monoisotopic (exact) mass is 240 g/mol. The molecule has 0 aliphatic carbocycles. The number of alkyl halides is 1. The molecule has 0 aliphatic rings. The van der Waals surface area contributed by atoms with Crippen LogP contribution in [0.25, 0.3) is 0 Å². The highest BCUT2D eigenvalue weighted by atomic mass is 19.1. The summed E-state index contributed by atoms with van der Waals surface area (Å²) in [6.07, 6.45) is -1.04. The highest BCUT2D eigenvalue weighted by molar-refractivity contribution is 5.77. The number of benzene rings is 1. The molecule has 0 spiro atoms. The lowest BCUT2D eigenvalue weighted by Crippen LogP contribution is -2.37. The van der Waals surface area contributed by atoms with Crippen molar-refractivity contribution < 1.29 is 14.3 Å². The maximum atomic E-state index is 11.9. The Labute approximate surface area is 99.8 Å². The molecule has 1 aromatic carbocycles. The van der Waals surface area contributed by atoms with Crippen molar-refractivity contribution in [3.05, 3.63) is 35.9 Å². The summed E-state index contributed by atoms with van der Waals surface area (Å²) in [5, 5.41) is 14.3. The second-order valence-corrected chi connectivity index (χ2v) is 3.70. The first-order chi connectivity index (χ1) is 8.22. The van der Waals surface area contributed by atoms with E-state index >= 15 is 0 Å². The van der Waals surface area contributed by atoms with E-state index in [1.165, 1.54) is 0 Å². The molecule has 94 valence electrons. The summed E-state index contributed by atoms with van der Waals surface area (Å²) < 4.78 is 11.9. The van der Waals surface area contributed by atoms with Gasteiger partial charge in [-0.15, -0.1) is 0 Å². The van der Waals surface area contributed by atoms with Crippen LogP contribution in [0.2, 0.25) is 0 Å². The lowest BCUT2D eigenvalue weighted by molar-refractivity contribution is -0.120. The van der Waals surface area contributed by atoms with E-state index in [-0.39, 0.29) is 19.0 Å². The first-order valence-corrected chi connectivity index (χ1v) is 5.47. The Morgan fingerprint density at radius 2 is 2.06 bits per heavy atom. The number of carbonyl (C=O) groups is 1. The third kappa shape index (κ3) is 5.99. The van der Waals surface area contributed by atoms with Crippen molar-refractivity contribution in [2.45, 2.75) is 12.6 Å². The normalized spacial score (nSPS) is 12.1. The van der Waals surface area contributed by atoms with E-state index in [9.17, 15) is 9.18 Å². The number of carbonyl (C=O) groups excluding carboxylic acids is 1. The molecule has 0 saturated carbocycles. The van der Waals surface area contributed by atoms with Crippen LogP contribution in [0.4, 0.5) is 4.39 Å². The number of aliphatic hydroxyl groups is 1. The first-order valence-electron chi connectivity index (χ1n) is 5.47. The summed E-state index contributed by atoms with van der Waals surface area (Å²) in [5.74, 6) is -0.181. The largest absolute Gasteiger partial charge is 0.389 e. The zero-order valence-electron chi connectivity index (χ0n) is 9.53. The van der Waals surface area contributed by atoms with Gasteiger partial charge in [0.2, 0.25) is 5.91 Å². The van der Waals surface area contributed by atoms with E-state index in [1.54, 1.807) is 0 Å². The fourth-order valence-electron chi connectivity index (χ4n) is 1.27. The molecule has 0 radical (unpaired) electrons. The van der Waals surface area contributed by atoms with Crippen LogP contribution in [0.15, 0.2) is 30.3 Å². The van der Waals surface area contributed by atoms with E-state index in [0.29, 0.717) is 6.54 Å². The van der Waals surface area contributed by atoms with Crippen molar-refractivity contribution in [3.63, 3.8) is 0 Å². The average molecular weight is 240 g/mol. The molecule has 0 fully saturated rings. The van der Waals surface area contributed by atoms with Gasteiger partial charge in [0.15, 0.2) is 0 Å². The molecule has 17 heavy (non-hydrogen) atoms. The van der Waals surface area contributed by atoms with E-state index in [1.807, 2.05) is 30.3 Å². The van der Waals surface area contributed by atoms with Gasteiger partial charge >= 0.3 is 0 Å². The Morgan fingerprint density at radius 3 is 2.71 bits per heavy atom. The Hall–Kier alpha value is -1.46. The smallest absolute Gasteiger partial charge is 0.234 e. The van der Waals surface area contributed by atoms with Gasteiger partial charge in [-0.3, -0.25) is 4.79 Å². The third-order valence-electron chi connectivity index (χ3n) is 2.18. The van der Waals surface area contributed by atoms with Crippen LogP contribution < -0.4 is 10.6 Å². The van der Waals surface area contributed by atoms with Gasteiger partial charge in [0, 0.05) is 13.1 Å². The molecular weight excluding hydrogens is 223 g/mol. The molecular formula is C12H17FN2O2. The van der Waals surface area contributed by atoms with Crippen LogP contribution >= 0.6 is 0 Å². The Balaban J connectivity index is 2.13. The van der Waals surface area contributed by atoms with Crippen LogP contribution in [0, 0.1) is 0 Å². The Morgan fingerprint density at radius 1 is 1.35 bits per heavy atom. The van der Waals surface area contributed by atoms with E-state index in [2.05, 4.69) is 10.6 Å². The Bertz CT molecular complexity index is 333. The molecule has 0 bridgehead atoms. The van der Waals surface area contributed by atoms with Crippen molar-refractivity contribution in [1.29, 1.82) is 0 Å². The van der Waals surface area contributed by atoms with Gasteiger partial charge in [-0.25, -0.2) is 4.39 Å². The second kappa shape index (κ2) is 7.76. The zero-order chi connectivity index (χ0) is 12.5. The molecule has 0 aromatic heterocycles. The fraction of sp³-hybridized carbons (Fsp3) is 0.417. The summed E-state index contributed by atoms with van der Waals surface area (Å²) in [6.45, 7) is -0.190. The highest BCUT2D eigenvalue weighted by Gasteiger charge is 2.04. The average Bonchev–Trinajstić information content (AvgIpc) is 2.37. The third-order valence-corrected chi connectivity index (χ3v) is 2.18. The minimum atomic E-state index is -1.04. The van der Waals surface area contributed by atoms with Gasteiger partial charge < -0.3 is 15.7 Å². The summed E-state index contributed by atoms with van der Waals surface area (Å²) in [4.78, 5) is 11.3. The number of hydrogen-bond donors (Lipinski definition) is 3. The van der Waals surface area contributed by atoms with Gasteiger partial charge in [-0.05, 0) is 5.56 Å². The number of hydrogen-bond acceptors (Lipinski definition) is 3. The molecule has 0 saturated heterocycles. The summed E-state index contributed by atoms with van der Waals surface area (Å²) >= 11 is 0. The van der Waals surface area contributed by atoms with Gasteiger partial charge in [-0.1, -0.05) is 30.3 Å². The summed E-state index contributed by atoms with van der Waals surface area (Å²) in [6, 6.07) is 9.54. The standard InChI is InChI=1S/C12H17FN2O2/c13-6-11(16)8-14-9-12(17)15-7-10-4-2-1-3-5-10/h1-5,11,14,16H,6-9H2,(H,15,17). The number of aliphatic hydroxyl groups excluding tert-OH is 1. The van der Waals surface area contributed by atoms with Crippen molar-refractivity contribution >= 4 is 5.91 Å². The number of halogens is 1. The maximum Gasteiger partial charge on any atom is 0.234 e. The van der Waals surface area contributed by atoms with Gasteiger partial charge in [0.1, 0.15) is 6.67 Å². The van der Waals surface area contributed by atoms with Crippen molar-refractivity contribution in [1.82, 2.24) is 10.6 Å². The van der Waals surface area contributed by atoms with Crippen LogP contribution in [-0.4, -0.2) is 36.9 Å². The topological polar surface area (TPSA) is 61.4 Å². The van der Waals surface area contributed by atoms with Crippen LogP contribution in [0.5, 0.6) is 0 Å². The minimum Gasteiger partial charge on any atom is -0.389 e. The molecule has 1 unspecified atom stereocenters. The van der Waals surface area contributed by atoms with Crippen molar-refractivity contribution in [2.75, 3.05) is 19.8 Å². The van der Waals surface area contributed by atoms with Crippen LogP contribution in [0.1, 0.15) is 5.56 Å². The molecule has 0 heterocycles. The number of rotatable bonds is 7. The molecule has 1 atom stereocenters. The summed E-state index contributed by atoms with van der Waals surface area (Å²) in [7, 11) is 0. The van der Waals surface area contributed by atoms with Gasteiger partial charge in [-0.2, -0.15) is 0 Å². The quantitative estimate of drug-likeness (QED) is 0.639. The van der Waals surface area contributed by atoms with Gasteiger partial charge in [0.05, 0.1) is 12.6 Å².